The van der Waals surface area contributed by atoms with Gasteiger partial charge in [-0.05, 0) is 31.2 Å². The van der Waals surface area contributed by atoms with Gasteiger partial charge >= 0.3 is 0 Å². The van der Waals surface area contributed by atoms with Gasteiger partial charge in [-0.25, -0.2) is 9.67 Å². The average Bonchev–Trinajstić information content (AvgIpc) is 3.00. The summed E-state index contributed by atoms with van der Waals surface area (Å²) in [7, 11) is 0. The van der Waals surface area contributed by atoms with Crippen LogP contribution in [0.1, 0.15) is 19.5 Å². The van der Waals surface area contributed by atoms with Crippen LogP contribution in [0, 0.1) is 6.92 Å². The standard InChI is InChI=1S/C13H11N5.C2H6/c1-10-4-2-6-13(15-10)18-9-12(16-17-18)11-5-3-7-14-8-11;1-2/h2-9H,1H3;1-2H3. The Kier molecular flexibility index (Phi) is 4.55. The summed E-state index contributed by atoms with van der Waals surface area (Å²) in [5.74, 6) is 0.762. The van der Waals surface area contributed by atoms with Crippen LogP contribution in [-0.2, 0) is 0 Å². The van der Waals surface area contributed by atoms with Crippen LogP contribution < -0.4 is 0 Å². The molecule has 0 fully saturated rings. The smallest absolute Gasteiger partial charge is 0.155 e. The molecule has 0 aliphatic rings. The van der Waals surface area contributed by atoms with E-state index in [1.807, 2.05) is 57.3 Å². The fraction of sp³-hybridized carbons (Fsp3) is 0.200. The van der Waals surface area contributed by atoms with Gasteiger partial charge in [0.15, 0.2) is 5.82 Å². The lowest BCUT2D eigenvalue weighted by molar-refractivity contribution is 0.778. The molecule has 3 rings (SSSR count). The van der Waals surface area contributed by atoms with Crippen LogP contribution in [-0.4, -0.2) is 25.0 Å². The molecule has 0 saturated carbocycles. The SMILES string of the molecule is CC.Cc1cccc(-n2cc(-c3cccnc3)nn2)n1. The Morgan fingerprint density at radius 2 is 1.90 bits per heavy atom. The van der Waals surface area contributed by atoms with Crippen LogP contribution in [0.15, 0.2) is 48.9 Å². The van der Waals surface area contributed by atoms with Crippen molar-refractivity contribution in [3.8, 4) is 17.1 Å². The highest BCUT2D eigenvalue weighted by Crippen LogP contribution is 2.15. The molecule has 3 aromatic heterocycles. The predicted octanol–water partition coefficient (Wildman–Crippen LogP) is 3.06. The minimum absolute atomic E-state index is 0.762. The summed E-state index contributed by atoms with van der Waals surface area (Å²) in [4.78, 5) is 8.46. The molecule has 0 aromatic carbocycles. The molecule has 0 N–H and O–H groups in total. The van der Waals surface area contributed by atoms with Gasteiger partial charge in [0.25, 0.3) is 0 Å². The zero-order valence-electron chi connectivity index (χ0n) is 11.9. The molecule has 0 unspecified atom stereocenters. The highest BCUT2D eigenvalue weighted by atomic mass is 15.4. The van der Waals surface area contributed by atoms with Gasteiger partial charge in [0.1, 0.15) is 5.69 Å². The molecule has 0 radical (unpaired) electrons. The first-order valence-corrected chi connectivity index (χ1v) is 6.60. The number of hydrogen-bond donors (Lipinski definition) is 0. The second-order valence-electron chi connectivity index (χ2n) is 3.93. The van der Waals surface area contributed by atoms with Crippen molar-refractivity contribution in [1.29, 1.82) is 0 Å². The van der Waals surface area contributed by atoms with Gasteiger partial charge in [0.05, 0.1) is 6.20 Å². The van der Waals surface area contributed by atoms with E-state index >= 15 is 0 Å². The van der Waals surface area contributed by atoms with E-state index in [0.29, 0.717) is 0 Å². The molecule has 5 heteroatoms. The van der Waals surface area contributed by atoms with E-state index in [2.05, 4.69) is 20.3 Å². The minimum Gasteiger partial charge on any atom is -0.264 e. The Labute approximate surface area is 118 Å². The number of hydrogen-bond acceptors (Lipinski definition) is 4. The summed E-state index contributed by atoms with van der Waals surface area (Å²) in [6.07, 6.45) is 5.34. The maximum absolute atomic E-state index is 4.40. The Morgan fingerprint density at radius 1 is 1.05 bits per heavy atom. The van der Waals surface area contributed by atoms with E-state index in [4.69, 9.17) is 0 Å². The summed E-state index contributed by atoms with van der Waals surface area (Å²) < 4.78 is 1.66. The van der Waals surface area contributed by atoms with Gasteiger partial charge in [-0.15, -0.1) is 5.10 Å². The second-order valence-corrected chi connectivity index (χ2v) is 3.93. The van der Waals surface area contributed by atoms with E-state index in [0.717, 1.165) is 22.8 Å². The third-order valence-electron chi connectivity index (χ3n) is 2.56. The van der Waals surface area contributed by atoms with Gasteiger partial charge < -0.3 is 0 Å². The lowest BCUT2D eigenvalue weighted by atomic mass is 10.2. The van der Waals surface area contributed by atoms with Crippen LogP contribution in [0.4, 0.5) is 0 Å². The van der Waals surface area contributed by atoms with Gasteiger partial charge in [-0.3, -0.25) is 4.98 Å². The third kappa shape index (κ3) is 3.06. The number of aryl methyl sites for hydroxylation is 1. The van der Waals surface area contributed by atoms with Gasteiger partial charge in [-0.2, -0.15) is 0 Å². The average molecular weight is 267 g/mol. The Morgan fingerprint density at radius 3 is 2.60 bits per heavy atom. The Balaban J connectivity index is 0.000000704. The van der Waals surface area contributed by atoms with Crippen molar-refractivity contribution in [3.63, 3.8) is 0 Å². The summed E-state index contributed by atoms with van der Waals surface area (Å²) in [5.41, 5.74) is 2.67. The highest BCUT2D eigenvalue weighted by Gasteiger charge is 2.05. The van der Waals surface area contributed by atoms with Crippen molar-refractivity contribution in [1.82, 2.24) is 25.0 Å². The molecule has 0 spiro atoms. The maximum atomic E-state index is 4.40. The number of rotatable bonds is 2. The van der Waals surface area contributed by atoms with Crippen LogP contribution in [0.5, 0.6) is 0 Å². The zero-order valence-corrected chi connectivity index (χ0v) is 11.9. The molecule has 3 aromatic rings. The predicted molar refractivity (Wildman–Crippen MR) is 78.5 cm³/mol. The van der Waals surface area contributed by atoms with Crippen LogP contribution >= 0.6 is 0 Å². The van der Waals surface area contributed by atoms with Crippen molar-refractivity contribution in [3.05, 3.63) is 54.6 Å². The molecule has 0 aliphatic heterocycles. The molecule has 20 heavy (non-hydrogen) atoms. The molecule has 102 valence electrons. The fourth-order valence-electron chi connectivity index (χ4n) is 1.68. The van der Waals surface area contributed by atoms with E-state index in [1.165, 1.54) is 0 Å². The van der Waals surface area contributed by atoms with E-state index in [1.54, 1.807) is 17.1 Å². The molecular formula is C15H17N5. The van der Waals surface area contributed by atoms with Gasteiger partial charge in [0.2, 0.25) is 0 Å². The number of pyridine rings is 2. The molecule has 3 heterocycles. The molecule has 0 atom stereocenters. The molecular weight excluding hydrogens is 250 g/mol. The maximum Gasteiger partial charge on any atom is 0.155 e. The lowest BCUT2D eigenvalue weighted by Crippen LogP contribution is -1.98. The summed E-state index contributed by atoms with van der Waals surface area (Å²) >= 11 is 0. The first kappa shape index (κ1) is 13.9. The summed E-state index contributed by atoms with van der Waals surface area (Å²) in [6, 6.07) is 9.62. The topological polar surface area (TPSA) is 56.5 Å². The Hall–Kier alpha value is -2.56. The molecule has 0 bridgehead atoms. The van der Waals surface area contributed by atoms with Crippen molar-refractivity contribution in [2.75, 3.05) is 0 Å². The Bertz CT molecular complexity index is 661. The van der Waals surface area contributed by atoms with Crippen LogP contribution in [0.3, 0.4) is 0 Å². The van der Waals surface area contributed by atoms with E-state index < -0.39 is 0 Å². The summed E-state index contributed by atoms with van der Waals surface area (Å²) in [5, 5.41) is 8.21. The van der Waals surface area contributed by atoms with Gasteiger partial charge in [-0.1, -0.05) is 25.1 Å². The van der Waals surface area contributed by atoms with Crippen molar-refractivity contribution in [2.24, 2.45) is 0 Å². The summed E-state index contributed by atoms with van der Waals surface area (Å²) in [6.45, 7) is 5.95. The van der Waals surface area contributed by atoms with Gasteiger partial charge in [0, 0.05) is 23.7 Å². The second kappa shape index (κ2) is 6.56. The van der Waals surface area contributed by atoms with Crippen molar-refractivity contribution < 1.29 is 0 Å². The molecule has 5 nitrogen and oxygen atoms in total. The third-order valence-corrected chi connectivity index (χ3v) is 2.56. The molecule has 0 aliphatic carbocycles. The van der Waals surface area contributed by atoms with Crippen molar-refractivity contribution >= 4 is 0 Å². The zero-order chi connectivity index (χ0) is 14.4. The number of nitrogens with zero attached hydrogens (tertiary/aromatic N) is 5. The number of aromatic nitrogens is 5. The minimum atomic E-state index is 0.762. The van der Waals surface area contributed by atoms with Crippen LogP contribution in [0.2, 0.25) is 0 Å². The first-order chi connectivity index (χ1) is 9.83. The molecule has 0 saturated heterocycles. The lowest BCUT2D eigenvalue weighted by Gasteiger charge is -1.99. The monoisotopic (exact) mass is 267 g/mol. The van der Waals surface area contributed by atoms with E-state index in [-0.39, 0.29) is 0 Å². The van der Waals surface area contributed by atoms with Crippen LogP contribution in [0.25, 0.3) is 17.1 Å². The normalized spacial score (nSPS) is 9.75. The largest absolute Gasteiger partial charge is 0.264 e. The van der Waals surface area contributed by atoms with E-state index in [9.17, 15) is 0 Å². The fourth-order valence-corrected chi connectivity index (χ4v) is 1.68. The quantitative estimate of drug-likeness (QED) is 0.716. The van der Waals surface area contributed by atoms with Crippen molar-refractivity contribution in [2.45, 2.75) is 20.8 Å². The highest BCUT2D eigenvalue weighted by molar-refractivity contribution is 5.56. The molecule has 0 amide bonds. The first-order valence-electron chi connectivity index (χ1n) is 6.60.